The number of hydrogen-bond donors (Lipinski definition) is 1. The van der Waals surface area contributed by atoms with Gasteiger partial charge in [0.15, 0.2) is 0 Å². The molecule has 1 N–H and O–H groups in total. The van der Waals surface area contributed by atoms with Gasteiger partial charge in [0.1, 0.15) is 0 Å². The van der Waals surface area contributed by atoms with Crippen LogP contribution in [0.2, 0.25) is 0 Å². The van der Waals surface area contributed by atoms with E-state index in [2.05, 4.69) is 10.3 Å². The zero-order valence-corrected chi connectivity index (χ0v) is 8.57. The minimum absolute atomic E-state index is 0.998. The first-order chi connectivity index (χ1) is 6.43. The first kappa shape index (κ1) is 10.1. The van der Waals surface area contributed by atoms with Gasteiger partial charge in [-0.2, -0.15) is 5.26 Å². The zero-order chi connectivity index (χ0) is 9.36. The number of nitriles is 1. The number of aromatic nitrogens is 1. The average molecular weight is 211 g/mol. The SMILES string of the molecule is N#CC=C1NCCS1.c1cscn1. The van der Waals surface area contributed by atoms with E-state index in [1.165, 1.54) is 6.08 Å². The van der Waals surface area contributed by atoms with Gasteiger partial charge in [-0.15, -0.1) is 23.1 Å². The fraction of sp³-hybridized carbons (Fsp3) is 0.250. The minimum Gasteiger partial charge on any atom is -0.378 e. The number of thiazole rings is 1. The van der Waals surface area contributed by atoms with Crippen LogP contribution in [0.3, 0.4) is 0 Å². The van der Waals surface area contributed by atoms with E-state index in [9.17, 15) is 0 Å². The molecule has 0 atom stereocenters. The molecule has 0 spiro atoms. The van der Waals surface area contributed by atoms with Crippen LogP contribution in [0, 0.1) is 11.3 Å². The monoisotopic (exact) mass is 211 g/mol. The second-order valence-corrected chi connectivity index (χ2v) is 3.98. The van der Waals surface area contributed by atoms with Crippen molar-refractivity contribution in [1.29, 1.82) is 5.26 Å². The van der Waals surface area contributed by atoms with Crippen molar-refractivity contribution in [3.63, 3.8) is 0 Å². The van der Waals surface area contributed by atoms with Crippen LogP contribution < -0.4 is 5.32 Å². The molecule has 0 unspecified atom stereocenters. The molecule has 0 radical (unpaired) electrons. The maximum atomic E-state index is 8.15. The van der Waals surface area contributed by atoms with Gasteiger partial charge in [0.25, 0.3) is 0 Å². The van der Waals surface area contributed by atoms with Gasteiger partial charge in [-0.05, 0) is 0 Å². The second kappa shape index (κ2) is 6.52. The summed E-state index contributed by atoms with van der Waals surface area (Å²) in [5.41, 5.74) is 1.79. The molecule has 1 aromatic rings. The standard InChI is InChI=1S/C5H6N2S.C3H3NS/c6-2-1-5-7-3-4-8-5;1-2-5-3-4-1/h1,7H,3-4H2;1-3H. The van der Waals surface area contributed by atoms with Crippen molar-refractivity contribution >= 4 is 23.1 Å². The normalized spacial score (nSPS) is 17.0. The molecule has 1 aliphatic rings. The Morgan fingerprint density at radius 1 is 1.69 bits per heavy atom. The lowest BCUT2D eigenvalue weighted by Crippen LogP contribution is -2.03. The summed E-state index contributed by atoms with van der Waals surface area (Å²) in [6, 6.07) is 1.96. The number of thioether (sulfide) groups is 1. The molecular weight excluding hydrogens is 202 g/mol. The van der Waals surface area contributed by atoms with Crippen molar-refractivity contribution in [2.24, 2.45) is 0 Å². The smallest absolute Gasteiger partial charge is 0.0939 e. The number of nitrogens with zero attached hydrogens (tertiary/aromatic N) is 2. The molecule has 2 rings (SSSR count). The van der Waals surface area contributed by atoms with Crippen LogP contribution in [0.1, 0.15) is 0 Å². The van der Waals surface area contributed by atoms with Crippen molar-refractivity contribution in [2.75, 3.05) is 12.3 Å². The fourth-order valence-electron chi connectivity index (χ4n) is 0.713. The van der Waals surface area contributed by atoms with E-state index in [0.717, 1.165) is 17.3 Å². The molecule has 0 aliphatic carbocycles. The number of hydrogen-bond acceptors (Lipinski definition) is 5. The molecule has 5 heteroatoms. The molecule has 13 heavy (non-hydrogen) atoms. The molecule has 68 valence electrons. The van der Waals surface area contributed by atoms with Crippen molar-refractivity contribution in [2.45, 2.75) is 0 Å². The molecular formula is C8H9N3S2. The van der Waals surface area contributed by atoms with Crippen LogP contribution in [-0.4, -0.2) is 17.3 Å². The Bertz CT molecular complexity index is 262. The summed E-state index contributed by atoms with van der Waals surface area (Å²) in [6.45, 7) is 0.998. The lowest BCUT2D eigenvalue weighted by atomic mass is 10.6. The fourth-order valence-corrected chi connectivity index (χ4v) is 1.83. The van der Waals surface area contributed by atoms with Gasteiger partial charge in [0.05, 0.1) is 16.6 Å². The minimum atomic E-state index is 0.998. The van der Waals surface area contributed by atoms with Gasteiger partial charge in [-0.25, -0.2) is 0 Å². The Morgan fingerprint density at radius 3 is 3.00 bits per heavy atom. The summed E-state index contributed by atoms with van der Waals surface area (Å²) in [7, 11) is 0. The molecule has 1 saturated heterocycles. The van der Waals surface area contributed by atoms with E-state index in [-0.39, 0.29) is 0 Å². The van der Waals surface area contributed by atoms with E-state index in [1.54, 1.807) is 34.8 Å². The van der Waals surface area contributed by atoms with Gasteiger partial charge >= 0.3 is 0 Å². The topological polar surface area (TPSA) is 48.7 Å². The zero-order valence-electron chi connectivity index (χ0n) is 6.93. The Balaban J connectivity index is 0.000000145. The second-order valence-electron chi connectivity index (χ2n) is 2.09. The highest BCUT2D eigenvalue weighted by Gasteiger charge is 2.03. The molecule has 0 aromatic carbocycles. The largest absolute Gasteiger partial charge is 0.378 e. The highest BCUT2D eigenvalue weighted by atomic mass is 32.2. The summed E-state index contributed by atoms with van der Waals surface area (Å²) in [6.07, 6.45) is 3.31. The quantitative estimate of drug-likeness (QED) is 0.665. The van der Waals surface area contributed by atoms with Gasteiger partial charge in [-0.1, -0.05) is 0 Å². The predicted octanol–water partition coefficient (Wildman–Crippen LogP) is 1.83. The Labute approximate surface area is 85.5 Å². The Kier molecular flexibility index (Phi) is 5.06. The maximum Gasteiger partial charge on any atom is 0.0939 e. The number of nitrogens with one attached hydrogen (secondary N) is 1. The Hall–Kier alpha value is -0.990. The van der Waals surface area contributed by atoms with Crippen LogP contribution >= 0.6 is 23.1 Å². The maximum absolute atomic E-state index is 8.15. The molecule has 1 aliphatic heterocycles. The molecule has 3 nitrogen and oxygen atoms in total. The molecule has 0 amide bonds. The van der Waals surface area contributed by atoms with Gasteiger partial charge in [0.2, 0.25) is 0 Å². The van der Waals surface area contributed by atoms with Crippen LogP contribution in [0.25, 0.3) is 0 Å². The van der Waals surface area contributed by atoms with Crippen molar-refractivity contribution in [1.82, 2.24) is 10.3 Å². The van der Waals surface area contributed by atoms with Crippen LogP contribution in [-0.2, 0) is 0 Å². The predicted molar refractivity (Wildman–Crippen MR) is 56.3 cm³/mol. The van der Waals surface area contributed by atoms with Crippen LogP contribution in [0.4, 0.5) is 0 Å². The first-order valence-electron chi connectivity index (χ1n) is 3.72. The Morgan fingerprint density at radius 2 is 2.62 bits per heavy atom. The van der Waals surface area contributed by atoms with Gasteiger partial charge in [0, 0.05) is 30.0 Å². The molecule has 1 aromatic heterocycles. The van der Waals surface area contributed by atoms with Crippen molar-refractivity contribution in [3.8, 4) is 6.07 Å². The molecule has 2 heterocycles. The average Bonchev–Trinajstić information content (AvgIpc) is 2.79. The summed E-state index contributed by atoms with van der Waals surface area (Å²) < 4.78 is 0. The van der Waals surface area contributed by atoms with Crippen molar-refractivity contribution in [3.05, 3.63) is 28.2 Å². The van der Waals surface area contributed by atoms with E-state index >= 15 is 0 Å². The summed E-state index contributed by atoms with van der Waals surface area (Å²) in [4.78, 5) is 3.74. The third kappa shape index (κ3) is 4.55. The third-order valence-electron chi connectivity index (χ3n) is 1.20. The van der Waals surface area contributed by atoms with E-state index in [4.69, 9.17) is 5.26 Å². The molecule has 0 saturated carbocycles. The molecule has 1 fully saturated rings. The lowest BCUT2D eigenvalue weighted by Gasteiger charge is -1.88. The van der Waals surface area contributed by atoms with Crippen LogP contribution in [0.5, 0.6) is 0 Å². The van der Waals surface area contributed by atoms with E-state index in [0.29, 0.717) is 0 Å². The van der Waals surface area contributed by atoms with E-state index < -0.39 is 0 Å². The number of rotatable bonds is 0. The summed E-state index contributed by atoms with van der Waals surface area (Å²) in [5, 5.41) is 14.1. The van der Waals surface area contributed by atoms with Gasteiger partial charge < -0.3 is 5.32 Å². The third-order valence-corrected chi connectivity index (χ3v) is 2.71. The van der Waals surface area contributed by atoms with Gasteiger partial charge in [-0.3, -0.25) is 4.98 Å². The summed E-state index contributed by atoms with van der Waals surface area (Å²) >= 11 is 3.30. The first-order valence-corrected chi connectivity index (χ1v) is 5.65. The van der Waals surface area contributed by atoms with E-state index in [1.807, 2.05) is 11.4 Å². The summed E-state index contributed by atoms with van der Waals surface area (Å²) in [5.74, 6) is 1.09. The molecule has 0 bridgehead atoms. The van der Waals surface area contributed by atoms with Crippen LogP contribution in [0.15, 0.2) is 28.2 Å². The number of allylic oxidation sites excluding steroid dienone is 1. The highest BCUT2D eigenvalue weighted by molar-refractivity contribution is 8.03. The van der Waals surface area contributed by atoms with Crippen molar-refractivity contribution < 1.29 is 0 Å². The lowest BCUT2D eigenvalue weighted by molar-refractivity contribution is 0.947. The highest BCUT2D eigenvalue weighted by Crippen LogP contribution is 2.16.